The molecular weight excluding hydrogens is 681 g/mol. The van der Waals surface area contributed by atoms with E-state index in [2.05, 4.69) is 16.0 Å². The van der Waals surface area contributed by atoms with E-state index in [-0.39, 0.29) is 43.5 Å². The molecule has 40 heavy (non-hydrogen) atoms. The summed E-state index contributed by atoms with van der Waals surface area (Å²) >= 11 is 0. The summed E-state index contributed by atoms with van der Waals surface area (Å²) in [5, 5.41) is 15.1. The van der Waals surface area contributed by atoms with Gasteiger partial charge in [0.1, 0.15) is 23.1 Å². The Balaban J connectivity index is 0.000000179. The fourth-order valence-electron chi connectivity index (χ4n) is 5.90. The van der Waals surface area contributed by atoms with Crippen LogP contribution in [0.25, 0.3) is 66.0 Å². The molecule has 0 saturated carbocycles. The van der Waals surface area contributed by atoms with Crippen molar-refractivity contribution in [3.05, 3.63) is 60.6 Å². The summed E-state index contributed by atoms with van der Waals surface area (Å²) in [5.74, 6) is 0.547. The number of hydrogen-bond donors (Lipinski definition) is 1. The number of aliphatic hydroxyl groups is 1. The van der Waals surface area contributed by atoms with Crippen LogP contribution < -0.4 is 0 Å². The van der Waals surface area contributed by atoms with E-state index >= 15 is 0 Å². The molecule has 0 aliphatic heterocycles. The van der Waals surface area contributed by atoms with Gasteiger partial charge in [0.15, 0.2) is 5.78 Å². The minimum atomic E-state index is 0. The average Bonchev–Trinajstić information content (AvgIpc) is 3.48. The Morgan fingerprint density at radius 3 is 1.98 bits per heavy atom. The molecule has 1 aliphatic carbocycles. The molecule has 0 saturated heterocycles. The second-order valence-corrected chi connectivity index (χ2v) is 10.2. The molecule has 0 spiro atoms. The summed E-state index contributed by atoms with van der Waals surface area (Å²) < 4.78 is 12.2. The van der Waals surface area contributed by atoms with Crippen molar-refractivity contribution in [2.45, 2.75) is 53.4 Å². The topological polar surface area (TPSA) is 89.4 Å². The molecule has 3 heterocycles. The summed E-state index contributed by atoms with van der Waals surface area (Å²) in [6, 6.07) is 15.1. The van der Waals surface area contributed by atoms with Crippen LogP contribution in [0.15, 0.2) is 63.4 Å². The minimum absolute atomic E-state index is 0. The second kappa shape index (κ2) is 11.1. The van der Waals surface area contributed by atoms with Gasteiger partial charge in [-0.15, -0.1) is 17.7 Å². The fraction of sp³-hybridized carbons (Fsp3) is 0.303. The Labute approximate surface area is 245 Å². The van der Waals surface area contributed by atoms with Crippen molar-refractivity contribution in [3.63, 3.8) is 0 Å². The van der Waals surface area contributed by atoms with Gasteiger partial charge >= 0.3 is 0 Å². The van der Waals surface area contributed by atoms with Gasteiger partial charge in [-0.2, -0.15) is 0 Å². The molecule has 1 radical (unpaired) electrons. The Hall–Kier alpha value is -3.54. The monoisotopic (exact) mass is 712 g/mol. The van der Waals surface area contributed by atoms with Gasteiger partial charge in [-0.1, -0.05) is 39.1 Å². The Kier molecular flexibility index (Phi) is 7.80. The van der Waals surface area contributed by atoms with E-state index in [0.717, 1.165) is 91.7 Å². The van der Waals surface area contributed by atoms with Gasteiger partial charge in [0, 0.05) is 54.5 Å². The van der Waals surface area contributed by atoms with Crippen molar-refractivity contribution >= 4 is 60.6 Å². The summed E-state index contributed by atoms with van der Waals surface area (Å²) in [4.78, 5) is 20.8. The van der Waals surface area contributed by atoms with Crippen LogP contribution in [0.2, 0.25) is 0 Å². The number of hydrogen-bond acceptors (Lipinski definition) is 6. The number of rotatable bonds is 7. The van der Waals surface area contributed by atoms with Gasteiger partial charge < -0.3 is 13.9 Å². The van der Waals surface area contributed by atoms with E-state index in [4.69, 9.17) is 8.83 Å². The maximum Gasteiger partial charge on any atom is 0.162 e. The van der Waals surface area contributed by atoms with Gasteiger partial charge in [0.2, 0.25) is 0 Å². The van der Waals surface area contributed by atoms with Crippen LogP contribution in [0, 0.1) is 17.9 Å². The maximum absolute atomic E-state index is 11.7. The Morgan fingerprint density at radius 1 is 0.800 bits per heavy atom. The third-order valence-electron chi connectivity index (χ3n) is 8.11. The summed E-state index contributed by atoms with van der Waals surface area (Å²) in [6.07, 6.45) is 6.52. The number of aliphatic hydroxyl groups excluding tert-OH is 1. The first-order valence-electron chi connectivity index (χ1n) is 13.8. The van der Waals surface area contributed by atoms with E-state index in [1.807, 2.05) is 64.1 Å². The predicted octanol–water partition coefficient (Wildman–Crippen LogP) is 9.08. The molecule has 6 aromatic rings. The molecule has 7 heteroatoms. The molecular formula is C33H31IrN2O4-. The number of allylic oxidation sites excluding steroid dienone is 2. The normalized spacial score (nSPS) is 12.5. The standard InChI is InChI=1S/C20H7N2O2.C13H24O2.Ir/c1-2-9-15-11(3-1)23-13-6-7-14-19(17(13)15)18-12(24-14)5-4-10-16(18)20(9)22-8-21-10;1-5-10(6-2)12(14)9-13(15)11(7-3)8-4;/h1,3-8H;9-11,14H,5-8H2,1-4H3;/q-1;;/b;12-9-;. The molecule has 0 bridgehead atoms. The van der Waals surface area contributed by atoms with Crippen molar-refractivity contribution in [2.24, 2.45) is 11.8 Å². The summed E-state index contributed by atoms with van der Waals surface area (Å²) in [7, 11) is 0. The Morgan fingerprint density at radius 2 is 1.35 bits per heavy atom. The van der Waals surface area contributed by atoms with E-state index in [9.17, 15) is 9.90 Å². The first-order chi connectivity index (χ1) is 19.0. The van der Waals surface area contributed by atoms with Crippen molar-refractivity contribution < 1.29 is 38.8 Å². The molecule has 0 unspecified atom stereocenters. The van der Waals surface area contributed by atoms with Crippen LogP contribution in [-0.2, 0) is 24.9 Å². The van der Waals surface area contributed by atoms with Crippen molar-refractivity contribution in [3.8, 4) is 11.3 Å². The zero-order valence-corrected chi connectivity index (χ0v) is 25.4. The number of ketones is 1. The first kappa shape index (κ1) is 28.0. The zero-order valence-electron chi connectivity index (χ0n) is 23.0. The van der Waals surface area contributed by atoms with Crippen LogP contribution in [0.4, 0.5) is 0 Å². The number of fused-ring (bicyclic) bond motifs is 1. The van der Waals surface area contributed by atoms with Gasteiger partial charge in [0.05, 0.1) is 16.9 Å². The maximum atomic E-state index is 11.7. The molecule has 6 nitrogen and oxygen atoms in total. The fourth-order valence-corrected chi connectivity index (χ4v) is 5.90. The minimum Gasteiger partial charge on any atom is -0.512 e. The van der Waals surface area contributed by atoms with E-state index in [0.29, 0.717) is 0 Å². The molecule has 7 rings (SSSR count). The molecule has 0 amide bonds. The largest absolute Gasteiger partial charge is 0.512 e. The number of benzene rings is 3. The van der Waals surface area contributed by atoms with E-state index < -0.39 is 0 Å². The molecule has 207 valence electrons. The van der Waals surface area contributed by atoms with Crippen LogP contribution in [-0.4, -0.2) is 20.9 Å². The molecule has 1 aliphatic rings. The van der Waals surface area contributed by atoms with Gasteiger partial charge in [-0.25, -0.2) is 4.98 Å². The zero-order chi connectivity index (χ0) is 27.3. The predicted molar refractivity (Wildman–Crippen MR) is 156 cm³/mol. The summed E-state index contributed by atoms with van der Waals surface area (Å²) in [6.45, 7) is 8.07. The second-order valence-electron chi connectivity index (χ2n) is 10.2. The SMILES string of the molecule is CCC(CC)C(=O)/C=C(\O)C(CC)CC.[Ir].[c-]1ccc2oc3ccc4oc5ccc6ncnc7c6c5c4c3c2c1-7. The Bertz CT molecular complexity index is 1910. The first-order valence-corrected chi connectivity index (χ1v) is 13.8. The molecule has 1 N–H and O–H groups in total. The smallest absolute Gasteiger partial charge is 0.162 e. The van der Waals surface area contributed by atoms with Crippen molar-refractivity contribution in [2.75, 3.05) is 0 Å². The van der Waals surface area contributed by atoms with Gasteiger partial charge in [-0.3, -0.25) is 9.78 Å². The van der Waals surface area contributed by atoms with E-state index in [1.54, 1.807) is 6.33 Å². The third kappa shape index (κ3) is 4.32. The number of aromatic nitrogens is 2. The molecule has 0 fully saturated rings. The van der Waals surface area contributed by atoms with Crippen LogP contribution in [0.3, 0.4) is 0 Å². The van der Waals surface area contributed by atoms with Crippen LogP contribution >= 0.6 is 0 Å². The quantitative estimate of drug-likeness (QED) is 0.101. The van der Waals surface area contributed by atoms with Crippen LogP contribution in [0.5, 0.6) is 0 Å². The number of carbonyl (C=O) groups is 1. The number of nitrogens with zero attached hydrogens (tertiary/aromatic N) is 2. The molecule has 3 aromatic heterocycles. The van der Waals surface area contributed by atoms with Gasteiger partial charge in [0.25, 0.3) is 0 Å². The number of furan rings is 2. The summed E-state index contributed by atoms with van der Waals surface area (Å²) in [5.41, 5.74) is 6.19. The van der Waals surface area contributed by atoms with Crippen molar-refractivity contribution in [1.82, 2.24) is 9.97 Å². The molecule has 0 atom stereocenters. The third-order valence-corrected chi connectivity index (χ3v) is 8.11. The van der Waals surface area contributed by atoms with Crippen molar-refractivity contribution in [1.29, 1.82) is 0 Å². The molecule has 3 aromatic carbocycles. The number of carbonyl (C=O) groups excluding carboxylic acids is 1. The average molecular weight is 712 g/mol. The van der Waals surface area contributed by atoms with Gasteiger partial charge in [-0.05, 0) is 60.7 Å². The van der Waals surface area contributed by atoms with E-state index in [1.165, 1.54) is 6.08 Å². The van der Waals surface area contributed by atoms with Crippen LogP contribution in [0.1, 0.15) is 53.4 Å².